The Morgan fingerprint density at radius 1 is 1.32 bits per heavy atom. The highest BCUT2D eigenvalue weighted by atomic mass is 16.3. The van der Waals surface area contributed by atoms with Crippen molar-refractivity contribution in [2.75, 3.05) is 27.2 Å². The lowest BCUT2D eigenvalue weighted by molar-refractivity contribution is 0.394. The number of aromatic amines is 1. The topological polar surface area (TPSA) is 90.7 Å². The van der Waals surface area contributed by atoms with E-state index >= 15 is 0 Å². The minimum atomic E-state index is -0.583. The fourth-order valence-electron chi connectivity index (χ4n) is 2.10. The molecule has 1 aromatic heterocycles. The number of rotatable bonds is 8. The summed E-state index contributed by atoms with van der Waals surface area (Å²) in [5.41, 5.74) is -0.535. The zero-order chi connectivity index (χ0) is 16.7. The summed E-state index contributed by atoms with van der Waals surface area (Å²) in [6, 6.07) is 0. The van der Waals surface area contributed by atoms with Crippen LogP contribution in [0.1, 0.15) is 38.7 Å². The molecule has 2 N–H and O–H groups in total. The fourth-order valence-corrected chi connectivity index (χ4v) is 2.10. The van der Waals surface area contributed by atoms with Crippen LogP contribution in [0.25, 0.3) is 0 Å². The highest BCUT2D eigenvalue weighted by Gasteiger charge is 2.17. The summed E-state index contributed by atoms with van der Waals surface area (Å²) in [5.74, 6) is -0.285. The summed E-state index contributed by atoms with van der Waals surface area (Å²) in [7, 11) is 3.88. The van der Waals surface area contributed by atoms with Gasteiger partial charge in [-0.25, -0.2) is 4.79 Å². The highest BCUT2D eigenvalue weighted by molar-refractivity contribution is 6.01. The molecule has 0 saturated heterocycles. The van der Waals surface area contributed by atoms with Gasteiger partial charge in [0.1, 0.15) is 5.56 Å². The molecule has 0 saturated carbocycles. The van der Waals surface area contributed by atoms with Crippen molar-refractivity contribution in [2.45, 2.75) is 39.7 Å². The number of nitrogens with one attached hydrogen (secondary N) is 1. The van der Waals surface area contributed by atoms with Gasteiger partial charge in [-0.05, 0) is 26.9 Å². The molecular weight excluding hydrogens is 284 g/mol. The van der Waals surface area contributed by atoms with Crippen LogP contribution >= 0.6 is 0 Å². The Kier molecular flexibility index (Phi) is 7.04. The number of likely N-dealkylation sites (N-methyl/N-ethyl adjacent to an activating group) is 1. The zero-order valence-electron chi connectivity index (χ0n) is 13.8. The minimum absolute atomic E-state index is 0.108. The van der Waals surface area contributed by atoms with Crippen LogP contribution in [0.5, 0.6) is 5.88 Å². The quantitative estimate of drug-likeness (QED) is 0.695. The molecule has 124 valence electrons. The second-order valence-corrected chi connectivity index (χ2v) is 5.45. The van der Waals surface area contributed by atoms with Crippen molar-refractivity contribution >= 4 is 5.71 Å². The molecular formula is C15H26N4O3. The third-order valence-corrected chi connectivity index (χ3v) is 3.38. The molecule has 0 fully saturated rings. The first-order valence-electron chi connectivity index (χ1n) is 7.66. The number of unbranched alkanes of at least 4 members (excludes halogenated alkanes) is 1. The van der Waals surface area contributed by atoms with Crippen molar-refractivity contribution in [3.05, 3.63) is 26.4 Å². The van der Waals surface area contributed by atoms with Crippen LogP contribution < -0.4 is 11.2 Å². The second-order valence-electron chi connectivity index (χ2n) is 5.45. The standard InChI is InChI=1S/C15H26N4O3/c1-5-7-9-19-14(21)12(13(20)17-15(19)22)11(6-2)16-8-10-18(3)4/h21H,5-10H2,1-4H3,(H,17,20,22). The number of nitrogens with zero attached hydrogens (tertiary/aromatic N) is 3. The molecule has 0 atom stereocenters. The maximum atomic E-state index is 12.1. The molecule has 0 spiro atoms. The maximum Gasteiger partial charge on any atom is 0.331 e. The molecule has 0 aliphatic carbocycles. The van der Waals surface area contributed by atoms with E-state index in [2.05, 4.69) is 9.98 Å². The van der Waals surface area contributed by atoms with E-state index in [1.165, 1.54) is 4.57 Å². The van der Waals surface area contributed by atoms with Gasteiger partial charge in [-0.2, -0.15) is 0 Å². The molecule has 0 radical (unpaired) electrons. The van der Waals surface area contributed by atoms with Gasteiger partial charge in [0, 0.05) is 13.1 Å². The minimum Gasteiger partial charge on any atom is -0.494 e. The van der Waals surface area contributed by atoms with Crippen molar-refractivity contribution in [3.63, 3.8) is 0 Å². The lowest BCUT2D eigenvalue weighted by atomic mass is 10.1. The van der Waals surface area contributed by atoms with Gasteiger partial charge in [0.2, 0.25) is 5.88 Å². The van der Waals surface area contributed by atoms with Gasteiger partial charge in [0.05, 0.1) is 12.3 Å². The Morgan fingerprint density at radius 2 is 2.00 bits per heavy atom. The molecule has 1 heterocycles. The smallest absolute Gasteiger partial charge is 0.331 e. The molecule has 7 heteroatoms. The van der Waals surface area contributed by atoms with E-state index in [-0.39, 0.29) is 11.4 Å². The summed E-state index contributed by atoms with van der Waals surface area (Å²) >= 11 is 0. The summed E-state index contributed by atoms with van der Waals surface area (Å²) in [4.78, 5) is 32.6. The van der Waals surface area contributed by atoms with Gasteiger partial charge in [0.25, 0.3) is 5.56 Å². The molecule has 0 aliphatic heterocycles. The number of aromatic hydroxyl groups is 1. The number of aromatic nitrogens is 2. The van der Waals surface area contributed by atoms with Crippen LogP contribution in [0.15, 0.2) is 14.6 Å². The van der Waals surface area contributed by atoms with E-state index in [0.717, 1.165) is 19.4 Å². The van der Waals surface area contributed by atoms with Gasteiger partial charge < -0.3 is 10.0 Å². The van der Waals surface area contributed by atoms with Crippen LogP contribution in [0.4, 0.5) is 0 Å². The lowest BCUT2D eigenvalue weighted by Gasteiger charge is -2.12. The van der Waals surface area contributed by atoms with E-state index in [4.69, 9.17) is 0 Å². The number of aliphatic imine (C=N–C) groups is 1. The molecule has 0 aliphatic rings. The van der Waals surface area contributed by atoms with Crippen molar-refractivity contribution < 1.29 is 5.11 Å². The Balaban J connectivity index is 3.26. The van der Waals surface area contributed by atoms with Gasteiger partial charge in [-0.3, -0.25) is 19.3 Å². The molecule has 22 heavy (non-hydrogen) atoms. The summed E-state index contributed by atoms with van der Waals surface area (Å²) in [5, 5.41) is 10.3. The first-order chi connectivity index (χ1) is 10.4. The van der Waals surface area contributed by atoms with Crippen LogP contribution in [0.3, 0.4) is 0 Å². The van der Waals surface area contributed by atoms with Gasteiger partial charge in [-0.1, -0.05) is 20.3 Å². The molecule has 7 nitrogen and oxygen atoms in total. The van der Waals surface area contributed by atoms with E-state index in [1.807, 2.05) is 32.8 Å². The zero-order valence-corrected chi connectivity index (χ0v) is 13.8. The van der Waals surface area contributed by atoms with Crippen LogP contribution in [-0.2, 0) is 6.54 Å². The van der Waals surface area contributed by atoms with Crippen LogP contribution in [0.2, 0.25) is 0 Å². The summed E-state index contributed by atoms with van der Waals surface area (Å²) in [6.45, 7) is 5.52. The first kappa shape index (κ1) is 18.2. The SMILES string of the molecule is CCCCn1c(O)c(C(CC)=NCCN(C)C)c(=O)[nH]c1=O. The summed E-state index contributed by atoms with van der Waals surface area (Å²) in [6.07, 6.45) is 2.14. The largest absolute Gasteiger partial charge is 0.494 e. The molecule has 1 rings (SSSR count). The van der Waals surface area contributed by atoms with E-state index in [0.29, 0.717) is 25.2 Å². The van der Waals surface area contributed by atoms with E-state index in [1.54, 1.807) is 0 Å². The Labute approximate surface area is 130 Å². The fraction of sp³-hybridized carbons (Fsp3) is 0.667. The average Bonchev–Trinajstić information content (AvgIpc) is 2.44. The van der Waals surface area contributed by atoms with E-state index < -0.39 is 11.2 Å². The third-order valence-electron chi connectivity index (χ3n) is 3.38. The molecule has 0 aromatic carbocycles. The highest BCUT2D eigenvalue weighted by Crippen LogP contribution is 2.14. The molecule has 1 aromatic rings. The van der Waals surface area contributed by atoms with E-state index in [9.17, 15) is 14.7 Å². The normalized spacial score (nSPS) is 12.1. The van der Waals surface area contributed by atoms with Crippen LogP contribution in [0, 0.1) is 0 Å². The first-order valence-corrected chi connectivity index (χ1v) is 7.66. The van der Waals surface area contributed by atoms with Crippen LogP contribution in [-0.4, -0.2) is 52.5 Å². The Hall–Kier alpha value is -1.89. The lowest BCUT2D eigenvalue weighted by Crippen LogP contribution is -2.34. The number of H-pyrrole nitrogens is 1. The van der Waals surface area contributed by atoms with Crippen molar-refractivity contribution in [1.29, 1.82) is 0 Å². The second kappa shape index (κ2) is 8.53. The average molecular weight is 310 g/mol. The molecule has 0 bridgehead atoms. The van der Waals surface area contributed by atoms with Gasteiger partial charge in [0.15, 0.2) is 0 Å². The predicted octanol–water partition coefficient (Wildman–Crippen LogP) is 0.803. The predicted molar refractivity (Wildman–Crippen MR) is 88.1 cm³/mol. The van der Waals surface area contributed by atoms with Crippen molar-refractivity contribution in [3.8, 4) is 5.88 Å². The third kappa shape index (κ3) is 4.56. The molecule has 0 amide bonds. The molecule has 0 unspecified atom stereocenters. The Bertz CT molecular complexity index is 629. The number of hydrogen-bond donors (Lipinski definition) is 2. The van der Waals surface area contributed by atoms with Crippen molar-refractivity contribution in [1.82, 2.24) is 14.5 Å². The summed E-state index contributed by atoms with van der Waals surface area (Å²) < 4.78 is 1.21. The Morgan fingerprint density at radius 3 is 2.55 bits per heavy atom. The number of hydrogen-bond acceptors (Lipinski definition) is 5. The van der Waals surface area contributed by atoms with Gasteiger partial charge >= 0.3 is 5.69 Å². The van der Waals surface area contributed by atoms with Gasteiger partial charge in [-0.15, -0.1) is 0 Å². The van der Waals surface area contributed by atoms with Crippen molar-refractivity contribution in [2.24, 2.45) is 4.99 Å². The monoisotopic (exact) mass is 310 g/mol. The maximum absolute atomic E-state index is 12.1.